The summed E-state index contributed by atoms with van der Waals surface area (Å²) in [5.74, 6) is 0. The van der Waals surface area contributed by atoms with Crippen molar-refractivity contribution in [2.75, 3.05) is 0 Å². The van der Waals surface area contributed by atoms with Gasteiger partial charge in [0, 0.05) is 0 Å². The van der Waals surface area contributed by atoms with Gasteiger partial charge in [0.25, 0.3) is 0 Å². The lowest BCUT2D eigenvalue weighted by molar-refractivity contribution is 0.112. The second-order valence-corrected chi connectivity index (χ2v) is 4.58. The maximum atomic E-state index is 10.5. The van der Waals surface area contributed by atoms with Gasteiger partial charge in [-0.3, -0.25) is 4.79 Å². The van der Waals surface area contributed by atoms with Crippen molar-refractivity contribution in [3.8, 4) is 0 Å². The molecule has 1 aromatic heterocycles. The fraction of sp³-hybridized carbons (Fsp3) is 0.154. The van der Waals surface area contributed by atoms with Gasteiger partial charge in [0.1, 0.15) is 0 Å². The normalized spacial score (nSPS) is 10.2. The fourth-order valence-corrected chi connectivity index (χ4v) is 2.32. The first-order valence-electron chi connectivity index (χ1n) is 4.86. The molecule has 2 rings (SSSR count). The van der Waals surface area contributed by atoms with E-state index in [1.54, 1.807) is 0 Å². The van der Waals surface area contributed by atoms with Crippen molar-refractivity contribution >= 4 is 17.6 Å². The van der Waals surface area contributed by atoms with Crippen LogP contribution in [0.3, 0.4) is 0 Å². The highest BCUT2D eigenvalue weighted by Crippen LogP contribution is 2.17. The van der Waals surface area contributed by atoms with Gasteiger partial charge < -0.3 is 0 Å². The third-order valence-electron chi connectivity index (χ3n) is 2.28. The lowest BCUT2D eigenvalue weighted by Crippen LogP contribution is -1.86. The molecule has 1 heterocycles. The Hall–Kier alpha value is -1.41. The zero-order valence-corrected chi connectivity index (χ0v) is 9.38. The van der Waals surface area contributed by atoms with Crippen LogP contribution in [-0.4, -0.2) is 6.29 Å². The number of thiophene rings is 1. The SMILES string of the molecule is Cc1cccc(Cc2csc(C=O)c2)c1. The number of aldehydes is 1. The molecule has 0 spiro atoms. The number of benzene rings is 1. The Morgan fingerprint density at radius 3 is 2.80 bits per heavy atom. The summed E-state index contributed by atoms with van der Waals surface area (Å²) >= 11 is 1.50. The molecule has 15 heavy (non-hydrogen) atoms. The van der Waals surface area contributed by atoms with Crippen molar-refractivity contribution in [2.45, 2.75) is 13.3 Å². The maximum absolute atomic E-state index is 10.5. The molecular formula is C13H12OS. The molecule has 1 aromatic carbocycles. The van der Waals surface area contributed by atoms with E-state index in [-0.39, 0.29) is 0 Å². The molecule has 0 saturated carbocycles. The molecule has 0 aliphatic heterocycles. The van der Waals surface area contributed by atoms with Crippen molar-refractivity contribution in [2.24, 2.45) is 0 Å². The summed E-state index contributed by atoms with van der Waals surface area (Å²) in [4.78, 5) is 11.3. The molecule has 2 heteroatoms. The number of aryl methyl sites for hydroxylation is 1. The van der Waals surface area contributed by atoms with Crippen LogP contribution in [0.2, 0.25) is 0 Å². The summed E-state index contributed by atoms with van der Waals surface area (Å²) in [5, 5.41) is 2.05. The minimum atomic E-state index is 0.803. The lowest BCUT2D eigenvalue weighted by Gasteiger charge is -1.99. The highest BCUT2D eigenvalue weighted by Gasteiger charge is 2.00. The molecule has 0 saturated heterocycles. The number of carbonyl (C=O) groups excluding carboxylic acids is 1. The summed E-state index contributed by atoms with van der Waals surface area (Å²) in [6, 6.07) is 10.4. The largest absolute Gasteiger partial charge is 0.297 e. The van der Waals surface area contributed by atoms with E-state index in [4.69, 9.17) is 0 Å². The lowest BCUT2D eigenvalue weighted by atomic mass is 10.1. The minimum Gasteiger partial charge on any atom is -0.297 e. The highest BCUT2D eigenvalue weighted by molar-refractivity contribution is 7.11. The number of hydrogen-bond donors (Lipinski definition) is 0. The van der Waals surface area contributed by atoms with E-state index in [9.17, 15) is 4.79 Å². The standard InChI is InChI=1S/C13H12OS/c1-10-3-2-4-11(5-10)6-12-7-13(8-14)15-9-12/h2-5,7-9H,6H2,1H3. The van der Waals surface area contributed by atoms with E-state index >= 15 is 0 Å². The monoisotopic (exact) mass is 216 g/mol. The molecule has 76 valence electrons. The van der Waals surface area contributed by atoms with Gasteiger partial charge in [0.15, 0.2) is 6.29 Å². The average molecular weight is 216 g/mol. The summed E-state index contributed by atoms with van der Waals surface area (Å²) < 4.78 is 0. The molecule has 0 N–H and O–H groups in total. The summed E-state index contributed by atoms with van der Waals surface area (Å²) in [6.07, 6.45) is 1.82. The molecule has 0 bridgehead atoms. The Bertz CT molecular complexity index is 471. The number of hydrogen-bond acceptors (Lipinski definition) is 2. The molecule has 0 radical (unpaired) electrons. The highest BCUT2D eigenvalue weighted by atomic mass is 32.1. The average Bonchev–Trinajstić information content (AvgIpc) is 2.65. The van der Waals surface area contributed by atoms with E-state index in [1.807, 2.05) is 11.4 Å². The van der Waals surface area contributed by atoms with Crippen molar-refractivity contribution in [3.63, 3.8) is 0 Å². The van der Waals surface area contributed by atoms with Crippen LogP contribution in [0.1, 0.15) is 26.4 Å². The Morgan fingerprint density at radius 2 is 2.13 bits per heavy atom. The molecule has 0 aliphatic carbocycles. The van der Waals surface area contributed by atoms with Crippen LogP contribution >= 0.6 is 11.3 Å². The predicted molar refractivity (Wildman–Crippen MR) is 63.7 cm³/mol. The number of rotatable bonds is 3. The third kappa shape index (κ3) is 2.54. The first-order chi connectivity index (χ1) is 7.28. The summed E-state index contributed by atoms with van der Waals surface area (Å²) in [6.45, 7) is 2.09. The van der Waals surface area contributed by atoms with Gasteiger partial charge in [-0.25, -0.2) is 0 Å². The zero-order chi connectivity index (χ0) is 10.7. The first kappa shape index (κ1) is 10.1. The van der Waals surface area contributed by atoms with Gasteiger partial charge in [0.2, 0.25) is 0 Å². The first-order valence-corrected chi connectivity index (χ1v) is 5.74. The smallest absolute Gasteiger partial charge is 0.160 e. The van der Waals surface area contributed by atoms with Gasteiger partial charge >= 0.3 is 0 Å². The van der Waals surface area contributed by atoms with E-state index in [0.717, 1.165) is 17.6 Å². The maximum Gasteiger partial charge on any atom is 0.160 e. The van der Waals surface area contributed by atoms with Crippen LogP contribution in [-0.2, 0) is 6.42 Å². The Labute approximate surface area is 93.4 Å². The molecular weight excluding hydrogens is 204 g/mol. The Balaban J connectivity index is 2.18. The number of carbonyl (C=O) groups is 1. The van der Waals surface area contributed by atoms with Crippen LogP contribution in [0, 0.1) is 6.92 Å². The quantitative estimate of drug-likeness (QED) is 0.718. The van der Waals surface area contributed by atoms with E-state index in [2.05, 4.69) is 31.2 Å². The van der Waals surface area contributed by atoms with Gasteiger partial charge in [-0.2, -0.15) is 0 Å². The Kier molecular flexibility index (Phi) is 2.97. The van der Waals surface area contributed by atoms with Gasteiger partial charge in [-0.15, -0.1) is 11.3 Å². The van der Waals surface area contributed by atoms with Crippen LogP contribution < -0.4 is 0 Å². The zero-order valence-electron chi connectivity index (χ0n) is 8.57. The molecule has 2 aromatic rings. The molecule has 0 fully saturated rings. The van der Waals surface area contributed by atoms with Gasteiger partial charge in [-0.05, 0) is 35.9 Å². The van der Waals surface area contributed by atoms with Crippen LogP contribution in [0.15, 0.2) is 35.7 Å². The predicted octanol–water partition coefficient (Wildman–Crippen LogP) is 3.46. The fourth-order valence-electron chi connectivity index (χ4n) is 1.61. The van der Waals surface area contributed by atoms with E-state index < -0.39 is 0 Å². The van der Waals surface area contributed by atoms with E-state index in [1.165, 1.54) is 28.0 Å². The topological polar surface area (TPSA) is 17.1 Å². The van der Waals surface area contributed by atoms with Gasteiger partial charge in [0.05, 0.1) is 4.88 Å². The van der Waals surface area contributed by atoms with Crippen molar-refractivity contribution in [3.05, 3.63) is 57.3 Å². The van der Waals surface area contributed by atoms with Crippen LogP contribution in [0.25, 0.3) is 0 Å². The van der Waals surface area contributed by atoms with E-state index in [0.29, 0.717) is 0 Å². The van der Waals surface area contributed by atoms with Crippen molar-refractivity contribution < 1.29 is 4.79 Å². The Morgan fingerprint density at radius 1 is 1.27 bits per heavy atom. The second-order valence-electron chi connectivity index (χ2n) is 3.64. The molecule has 0 unspecified atom stereocenters. The minimum absolute atomic E-state index is 0.803. The van der Waals surface area contributed by atoms with Crippen LogP contribution in [0.4, 0.5) is 0 Å². The molecule has 0 amide bonds. The summed E-state index contributed by atoms with van der Waals surface area (Å²) in [7, 11) is 0. The second kappa shape index (κ2) is 4.41. The van der Waals surface area contributed by atoms with Gasteiger partial charge in [-0.1, -0.05) is 29.8 Å². The molecule has 1 nitrogen and oxygen atoms in total. The van der Waals surface area contributed by atoms with Crippen molar-refractivity contribution in [1.29, 1.82) is 0 Å². The van der Waals surface area contributed by atoms with Crippen molar-refractivity contribution in [1.82, 2.24) is 0 Å². The molecule has 0 atom stereocenters. The third-order valence-corrected chi connectivity index (χ3v) is 3.19. The molecule has 0 aliphatic rings. The summed E-state index contributed by atoms with van der Waals surface area (Å²) in [5.41, 5.74) is 3.79. The van der Waals surface area contributed by atoms with Crippen LogP contribution in [0.5, 0.6) is 0 Å².